The van der Waals surface area contributed by atoms with Crippen molar-refractivity contribution < 1.29 is 20.1 Å². The molecule has 4 nitrogen and oxygen atoms in total. The zero-order valence-corrected chi connectivity index (χ0v) is 19.0. The second kappa shape index (κ2) is 10.6. The number of aliphatic hydroxyl groups excluding tert-OH is 1. The molecule has 0 amide bonds. The van der Waals surface area contributed by atoms with Gasteiger partial charge in [-0.05, 0) is 75.3 Å². The Morgan fingerprint density at radius 3 is 2.74 bits per heavy atom. The maximum Gasteiger partial charge on any atom is 0.335 e. The molecule has 4 heteroatoms. The van der Waals surface area contributed by atoms with Crippen molar-refractivity contribution in [2.45, 2.75) is 83.3 Å². The number of carboxylic acid groups (broad SMARTS) is 1. The number of hydrogen-bond acceptors (Lipinski definition) is 3. The number of aromatic carboxylic acids is 1. The number of fused-ring (bicyclic) bond motifs is 1. The minimum atomic E-state index is -0.859. The van der Waals surface area contributed by atoms with Crippen LogP contribution < -0.4 is 0 Å². The third kappa shape index (κ3) is 6.30. The first-order valence-electron chi connectivity index (χ1n) is 11.9. The summed E-state index contributed by atoms with van der Waals surface area (Å²) in [5, 5.41) is 30.4. The van der Waals surface area contributed by atoms with Crippen molar-refractivity contribution in [1.82, 2.24) is 0 Å². The quantitative estimate of drug-likeness (QED) is 0.406. The Kier molecular flexibility index (Phi) is 8.12. The van der Waals surface area contributed by atoms with Gasteiger partial charge in [-0.3, -0.25) is 0 Å². The molecule has 3 rings (SSSR count). The van der Waals surface area contributed by atoms with Crippen LogP contribution in [-0.4, -0.2) is 33.0 Å². The molecule has 31 heavy (non-hydrogen) atoms. The van der Waals surface area contributed by atoms with Crippen LogP contribution in [-0.2, 0) is 6.42 Å². The lowest BCUT2D eigenvalue weighted by atomic mass is 9.87. The molecule has 5 atom stereocenters. The average molecular weight is 427 g/mol. The zero-order chi connectivity index (χ0) is 22.4. The van der Waals surface area contributed by atoms with Gasteiger partial charge in [0.05, 0.1) is 17.3 Å². The lowest BCUT2D eigenvalue weighted by Gasteiger charge is -2.22. The van der Waals surface area contributed by atoms with Gasteiger partial charge in [0.1, 0.15) is 0 Å². The molecule has 0 bridgehead atoms. The van der Waals surface area contributed by atoms with Gasteiger partial charge in [-0.15, -0.1) is 0 Å². The second-order valence-corrected chi connectivity index (χ2v) is 9.79. The summed E-state index contributed by atoms with van der Waals surface area (Å²) in [4.78, 5) is 11.4. The van der Waals surface area contributed by atoms with E-state index in [0.29, 0.717) is 23.8 Å². The molecule has 0 saturated heterocycles. The number of hydrogen-bond donors (Lipinski definition) is 3. The van der Waals surface area contributed by atoms with E-state index in [1.54, 1.807) is 12.1 Å². The molecule has 3 N–H and O–H groups in total. The molecule has 0 aliphatic heterocycles. The molecule has 1 saturated carbocycles. The summed E-state index contributed by atoms with van der Waals surface area (Å²) in [7, 11) is 0. The van der Waals surface area contributed by atoms with Crippen LogP contribution in [0.2, 0.25) is 0 Å². The monoisotopic (exact) mass is 426 g/mol. The number of carbonyl (C=O) groups is 1. The highest BCUT2D eigenvalue weighted by atomic mass is 16.4. The Morgan fingerprint density at radius 2 is 2.00 bits per heavy atom. The van der Waals surface area contributed by atoms with Gasteiger partial charge in [-0.2, -0.15) is 0 Å². The molecule has 0 spiro atoms. The molecule has 170 valence electrons. The van der Waals surface area contributed by atoms with Crippen molar-refractivity contribution in [2.75, 3.05) is 0 Å². The standard InChI is InChI=1S/C27H38O4/c1-3-4-14-27(2,31)15-8-13-23-24-17-19(16-21(24)18-25(23)28)9-7-11-20-10-5-6-12-22(20)26(29)30/h5-6,8,10,12-13,16,21,23-25,28,31H,3-4,7,9,11,14-15,17-18H2,1-2H3,(H,29,30)/b13-8+/t21-,23-,24-,25+,27-/m0/s1. The van der Waals surface area contributed by atoms with Gasteiger partial charge in [0, 0.05) is 5.92 Å². The van der Waals surface area contributed by atoms with Gasteiger partial charge < -0.3 is 15.3 Å². The molecule has 0 aromatic heterocycles. The lowest BCUT2D eigenvalue weighted by Crippen LogP contribution is -2.23. The third-order valence-corrected chi connectivity index (χ3v) is 7.13. The van der Waals surface area contributed by atoms with Crippen molar-refractivity contribution in [1.29, 1.82) is 0 Å². The van der Waals surface area contributed by atoms with E-state index in [-0.39, 0.29) is 12.0 Å². The summed E-state index contributed by atoms with van der Waals surface area (Å²) in [5.74, 6) is 0.190. The number of unbranched alkanes of at least 4 members (excludes halogenated alkanes) is 1. The van der Waals surface area contributed by atoms with E-state index in [9.17, 15) is 20.1 Å². The Balaban J connectivity index is 1.51. The van der Waals surface area contributed by atoms with E-state index in [4.69, 9.17) is 0 Å². The van der Waals surface area contributed by atoms with Crippen molar-refractivity contribution >= 4 is 5.97 Å². The number of benzene rings is 1. The molecule has 0 radical (unpaired) electrons. The van der Waals surface area contributed by atoms with Crippen LogP contribution in [0.25, 0.3) is 0 Å². The van der Waals surface area contributed by atoms with Crippen LogP contribution in [0.4, 0.5) is 0 Å². The number of rotatable bonds is 11. The lowest BCUT2D eigenvalue weighted by molar-refractivity contribution is 0.0513. The summed E-state index contributed by atoms with van der Waals surface area (Å²) < 4.78 is 0. The Morgan fingerprint density at radius 1 is 1.23 bits per heavy atom. The van der Waals surface area contributed by atoms with Gasteiger partial charge in [0.15, 0.2) is 0 Å². The second-order valence-electron chi connectivity index (χ2n) is 9.79. The minimum Gasteiger partial charge on any atom is -0.478 e. The number of aryl methyl sites for hydroxylation is 1. The maximum atomic E-state index is 11.4. The van der Waals surface area contributed by atoms with Crippen molar-refractivity contribution in [3.05, 3.63) is 59.2 Å². The first-order chi connectivity index (χ1) is 14.8. The molecule has 1 aromatic rings. The normalized spacial score (nSPS) is 27.3. The molecule has 1 aromatic carbocycles. The first kappa shape index (κ1) is 23.7. The van der Waals surface area contributed by atoms with Crippen molar-refractivity contribution in [3.63, 3.8) is 0 Å². The fourth-order valence-electron chi connectivity index (χ4n) is 5.38. The SMILES string of the molecule is CCCC[C@](C)(O)C/C=C/[C@H]1[C@H]2CC(CCCc3ccccc3C(=O)O)=C[C@H]2C[C@H]1O. The number of carboxylic acids is 1. The van der Waals surface area contributed by atoms with Crippen molar-refractivity contribution in [2.24, 2.45) is 17.8 Å². The summed E-state index contributed by atoms with van der Waals surface area (Å²) in [5.41, 5.74) is 2.09. The van der Waals surface area contributed by atoms with E-state index >= 15 is 0 Å². The highest BCUT2D eigenvalue weighted by molar-refractivity contribution is 5.89. The summed E-state index contributed by atoms with van der Waals surface area (Å²) in [6, 6.07) is 7.26. The Bertz CT molecular complexity index is 807. The predicted octanol–water partition coefficient (Wildman–Crippen LogP) is 5.54. The first-order valence-corrected chi connectivity index (χ1v) is 11.9. The van der Waals surface area contributed by atoms with Crippen LogP contribution in [0, 0.1) is 17.8 Å². The largest absolute Gasteiger partial charge is 0.478 e. The smallest absolute Gasteiger partial charge is 0.335 e. The Labute approximate surface area is 186 Å². The zero-order valence-electron chi connectivity index (χ0n) is 19.0. The van der Waals surface area contributed by atoms with Crippen LogP contribution in [0.3, 0.4) is 0 Å². The maximum absolute atomic E-state index is 11.4. The summed E-state index contributed by atoms with van der Waals surface area (Å²) in [6.45, 7) is 4.04. The fourth-order valence-corrected chi connectivity index (χ4v) is 5.38. The van der Waals surface area contributed by atoms with Crippen LogP contribution in [0.15, 0.2) is 48.1 Å². The van der Waals surface area contributed by atoms with E-state index in [2.05, 4.69) is 25.2 Å². The topological polar surface area (TPSA) is 77.8 Å². The molecule has 2 aliphatic rings. The van der Waals surface area contributed by atoms with Crippen molar-refractivity contribution in [3.8, 4) is 0 Å². The number of aliphatic hydroxyl groups is 2. The molecule has 0 unspecified atom stereocenters. The highest BCUT2D eigenvalue weighted by Crippen LogP contribution is 2.48. The molecule has 1 fully saturated rings. The Hall–Kier alpha value is -1.91. The van der Waals surface area contributed by atoms with E-state index < -0.39 is 11.6 Å². The van der Waals surface area contributed by atoms with Crippen LogP contribution in [0.1, 0.15) is 81.1 Å². The van der Waals surface area contributed by atoms with Gasteiger partial charge in [-0.25, -0.2) is 4.79 Å². The summed E-state index contributed by atoms with van der Waals surface area (Å²) in [6.07, 6.45) is 14.4. The average Bonchev–Trinajstić information content (AvgIpc) is 3.24. The predicted molar refractivity (Wildman–Crippen MR) is 124 cm³/mol. The molecule has 0 heterocycles. The van der Waals surface area contributed by atoms with Crippen LogP contribution in [0.5, 0.6) is 0 Å². The highest BCUT2D eigenvalue weighted by Gasteiger charge is 2.43. The minimum absolute atomic E-state index is 0.161. The van der Waals surface area contributed by atoms with Gasteiger partial charge >= 0.3 is 5.97 Å². The van der Waals surface area contributed by atoms with Gasteiger partial charge in [0.2, 0.25) is 0 Å². The molecular weight excluding hydrogens is 388 g/mol. The van der Waals surface area contributed by atoms with E-state index in [1.165, 1.54) is 5.57 Å². The van der Waals surface area contributed by atoms with Gasteiger partial charge in [0.25, 0.3) is 0 Å². The molecule has 2 aliphatic carbocycles. The van der Waals surface area contributed by atoms with E-state index in [0.717, 1.165) is 56.9 Å². The molecular formula is C27H38O4. The van der Waals surface area contributed by atoms with Gasteiger partial charge in [-0.1, -0.05) is 61.8 Å². The van der Waals surface area contributed by atoms with E-state index in [1.807, 2.05) is 19.1 Å². The fraction of sp³-hybridized carbons (Fsp3) is 0.593. The number of allylic oxidation sites excluding steroid dienone is 2. The third-order valence-electron chi connectivity index (χ3n) is 7.13. The summed E-state index contributed by atoms with van der Waals surface area (Å²) >= 11 is 0. The van der Waals surface area contributed by atoms with Crippen LogP contribution >= 0.6 is 0 Å².